The summed E-state index contributed by atoms with van der Waals surface area (Å²) in [7, 11) is 0. The summed E-state index contributed by atoms with van der Waals surface area (Å²) in [5, 5.41) is 5.83. The van der Waals surface area contributed by atoms with Gasteiger partial charge in [-0.05, 0) is 53.9 Å². The third-order valence-corrected chi connectivity index (χ3v) is 7.09. The maximum absolute atomic E-state index is 13.7. The molecule has 4 heterocycles. The maximum atomic E-state index is 13.7. The number of nitrogens with zero attached hydrogens (tertiary/aromatic N) is 6. The Labute approximate surface area is 189 Å². The highest BCUT2D eigenvalue weighted by molar-refractivity contribution is 9.10. The summed E-state index contributed by atoms with van der Waals surface area (Å²) in [5.74, 6) is 0.912. The molecule has 5 rings (SSSR count). The van der Waals surface area contributed by atoms with Gasteiger partial charge < -0.3 is 5.73 Å². The molecule has 8 nitrogen and oxygen atoms in total. The third-order valence-electron chi connectivity index (χ3n) is 5.44. The van der Waals surface area contributed by atoms with Crippen LogP contribution in [0.5, 0.6) is 0 Å². The molecule has 5 aromatic rings. The number of halogens is 1. The van der Waals surface area contributed by atoms with E-state index in [9.17, 15) is 4.79 Å². The predicted molar refractivity (Wildman–Crippen MR) is 126 cm³/mol. The first kappa shape index (κ1) is 19.8. The number of thiophene rings is 1. The van der Waals surface area contributed by atoms with Crippen LogP contribution < -0.4 is 11.3 Å². The lowest BCUT2D eigenvalue weighted by Gasteiger charge is -2.15. The van der Waals surface area contributed by atoms with Gasteiger partial charge in [0, 0.05) is 4.88 Å². The number of anilines is 1. The van der Waals surface area contributed by atoms with Crippen molar-refractivity contribution >= 4 is 54.3 Å². The van der Waals surface area contributed by atoms with E-state index in [0.29, 0.717) is 32.7 Å². The van der Waals surface area contributed by atoms with Crippen LogP contribution in [0, 0.1) is 20.8 Å². The molecule has 0 atom stereocenters. The number of hydrogen-bond acceptors (Lipinski definition) is 7. The fourth-order valence-electron chi connectivity index (χ4n) is 3.74. The standard InChI is InChI=1S/C21H18BrN7OS/c1-10-6-4-5-7-13(10)29-14(26-20-15(21(29)30)11(2)12(3)31-20)8-28-19-16(17(22)27-28)18(23)24-9-25-19/h4-7,9H,8H2,1-3H3,(H2,23,24,25). The summed E-state index contributed by atoms with van der Waals surface area (Å²) in [6.45, 7) is 6.21. The Hall–Kier alpha value is -3.11. The van der Waals surface area contributed by atoms with Gasteiger partial charge in [-0.15, -0.1) is 11.3 Å². The molecule has 0 unspecified atom stereocenters. The predicted octanol–water partition coefficient (Wildman–Crippen LogP) is 3.91. The van der Waals surface area contributed by atoms with Gasteiger partial charge in [0.05, 0.1) is 16.5 Å². The second-order valence-corrected chi connectivity index (χ2v) is 9.28. The van der Waals surface area contributed by atoms with E-state index in [1.807, 2.05) is 45.0 Å². The fraction of sp³-hybridized carbons (Fsp3) is 0.190. The van der Waals surface area contributed by atoms with Gasteiger partial charge >= 0.3 is 0 Å². The smallest absolute Gasteiger partial charge is 0.267 e. The normalized spacial score (nSPS) is 11.6. The average molecular weight is 496 g/mol. The number of hydrogen-bond donors (Lipinski definition) is 1. The molecule has 0 aliphatic rings. The molecule has 0 saturated carbocycles. The molecule has 156 valence electrons. The molecule has 0 amide bonds. The minimum atomic E-state index is -0.0826. The van der Waals surface area contributed by atoms with Crippen LogP contribution in [0.2, 0.25) is 0 Å². The quantitative estimate of drug-likeness (QED) is 0.406. The van der Waals surface area contributed by atoms with Crippen molar-refractivity contribution in [2.75, 3.05) is 5.73 Å². The van der Waals surface area contributed by atoms with E-state index < -0.39 is 0 Å². The molecule has 0 spiro atoms. The Morgan fingerprint density at radius 2 is 1.90 bits per heavy atom. The van der Waals surface area contributed by atoms with E-state index in [-0.39, 0.29) is 12.1 Å². The molecular formula is C21H18BrN7OS. The lowest BCUT2D eigenvalue weighted by Crippen LogP contribution is -2.26. The van der Waals surface area contributed by atoms with Crippen molar-refractivity contribution in [2.24, 2.45) is 0 Å². The minimum Gasteiger partial charge on any atom is -0.383 e. The topological polar surface area (TPSA) is 105 Å². The first-order valence-electron chi connectivity index (χ1n) is 9.57. The van der Waals surface area contributed by atoms with Crippen LogP contribution in [0.15, 0.2) is 40.0 Å². The van der Waals surface area contributed by atoms with Crippen molar-refractivity contribution in [3.63, 3.8) is 0 Å². The molecule has 0 saturated heterocycles. The summed E-state index contributed by atoms with van der Waals surface area (Å²) >= 11 is 4.97. The maximum Gasteiger partial charge on any atom is 0.267 e. The van der Waals surface area contributed by atoms with E-state index in [1.165, 1.54) is 17.7 Å². The summed E-state index contributed by atoms with van der Waals surface area (Å²) in [5.41, 5.74) is 9.26. The minimum absolute atomic E-state index is 0.0826. The van der Waals surface area contributed by atoms with Crippen molar-refractivity contribution in [2.45, 2.75) is 27.3 Å². The second-order valence-electron chi connectivity index (χ2n) is 7.32. The molecule has 31 heavy (non-hydrogen) atoms. The molecule has 0 bridgehead atoms. The molecule has 0 fully saturated rings. The van der Waals surface area contributed by atoms with Crippen molar-refractivity contribution in [1.82, 2.24) is 29.3 Å². The average Bonchev–Trinajstić information content (AvgIpc) is 3.20. The SMILES string of the molecule is Cc1ccccc1-n1c(Cn2nc(Br)c3c(N)ncnc32)nc2sc(C)c(C)c2c1=O. The van der Waals surface area contributed by atoms with Gasteiger partial charge in [0.25, 0.3) is 5.56 Å². The Bertz CT molecular complexity index is 1550. The highest BCUT2D eigenvalue weighted by Gasteiger charge is 2.21. The molecule has 2 N–H and O–H groups in total. The summed E-state index contributed by atoms with van der Waals surface area (Å²) in [6, 6.07) is 7.78. The summed E-state index contributed by atoms with van der Waals surface area (Å²) in [4.78, 5) is 28.8. The van der Waals surface area contributed by atoms with Crippen LogP contribution in [-0.2, 0) is 6.54 Å². The van der Waals surface area contributed by atoms with Gasteiger partial charge in [-0.1, -0.05) is 18.2 Å². The third kappa shape index (κ3) is 3.05. The molecule has 4 aromatic heterocycles. The van der Waals surface area contributed by atoms with Crippen molar-refractivity contribution < 1.29 is 0 Å². The van der Waals surface area contributed by atoms with E-state index in [0.717, 1.165) is 26.5 Å². The number of fused-ring (bicyclic) bond motifs is 2. The van der Waals surface area contributed by atoms with Crippen LogP contribution in [0.4, 0.5) is 5.82 Å². The lowest BCUT2D eigenvalue weighted by atomic mass is 10.1. The Balaban J connectivity index is 1.81. The molecule has 0 radical (unpaired) electrons. The van der Waals surface area contributed by atoms with Crippen molar-refractivity contribution in [1.29, 1.82) is 0 Å². The van der Waals surface area contributed by atoms with Crippen LogP contribution in [0.1, 0.15) is 21.8 Å². The highest BCUT2D eigenvalue weighted by atomic mass is 79.9. The van der Waals surface area contributed by atoms with Crippen LogP contribution in [-0.4, -0.2) is 29.3 Å². The Morgan fingerprint density at radius 1 is 1.13 bits per heavy atom. The molecular weight excluding hydrogens is 478 g/mol. The molecule has 10 heteroatoms. The van der Waals surface area contributed by atoms with Gasteiger partial charge in [-0.25, -0.2) is 19.6 Å². The second kappa shape index (κ2) is 7.24. The van der Waals surface area contributed by atoms with Crippen LogP contribution in [0.25, 0.3) is 26.9 Å². The summed E-state index contributed by atoms with van der Waals surface area (Å²) < 4.78 is 3.92. The van der Waals surface area contributed by atoms with Gasteiger partial charge in [-0.3, -0.25) is 9.36 Å². The zero-order valence-corrected chi connectivity index (χ0v) is 19.5. The number of nitrogen functional groups attached to an aromatic ring is 1. The monoisotopic (exact) mass is 495 g/mol. The highest BCUT2D eigenvalue weighted by Crippen LogP contribution is 2.29. The number of aromatic nitrogens is 6. The number of benzene rings is 1. The van der Waals surface area contributed by atoms with Gasteiger partial charge in [0.2, 0.25) is 0 Å². The van der Waals surface area contributed by atoms with E-state index in [2.05, 4.69) is 31.0 Å². The number of aryl methyl sites for hydroxylation is 3. The number of nitrogens with two attached hydrogens (primary N) is 1. The number of rotatable bonds is 3. The first-order chi connectivity index (χ1) is 14.9. The summed E-state index contributed by atoms with van der Waals surface area (Å²) in [6.07, 6.45) is 1.40. The van der Waals surface area contributed by atoms with Crippen LogP contribution >= 0.6 is 27.3 Å². The van der Waals surface area contributed by atoms with E-state index >= 15 is 0 Å². The van der Waals surface area contributed by atoms with E-state index in [1.54, 1.807) is 9.25 Å². The van der Waals surface area contributed by atoms with Gasteiger partial charge in [-0.2, -0.15) is 5.10 Å². The van der Waals surface area contributed by atoms with E-state index in [4.69, 9.17) is 10.7 Å². The van der Waals surface area contributed by atoms with Crippen molar-refractivity contribution in [3.8, 4) is 5.69 Å². The first-order valence-corrected chi connectivity index (χ1v) is 11.2. The van der Waals surface area contributed by atoms with Crippen LogP contribution in [0.3, 0.4) is 0 Å². The zero-order chi connectivity index (χ0) is 21.9. The molecule has 0 aliphatic carbocycles. The molecule has 1 aromatic carbocycles. The lowest BCUT2D eigenvalue weighted by molar-refractivity contribution is 0.646. The molecule has 0 aliphatic heterocycles. The fourth-order valence-corrected chi connectivity index (χ4v) is 5.35. The van der Waals surface area contributed by atoms with Gasteiger partial charge in [0.15, 0.2) is 5.65 Å². The Morgan fingerprint density at radius 3 is 2.68 bits per heavy atom. The van der Waals surface area contributed by atoms with Gasteiger partial charge in [0.1, 0.15) is 33.9 Å². The Kier molecular flexibility index (Phi) is 4.63. The number of para-hydroxylation sites is 1. The largest absolute Gasteiger partial charge is 0.383 e. The zero-order valence-electron chi connectivity index (χ0n) is 17.0. The van der Waals surface area contributed by atoms with Crippen molar-refractivity contribution in [3.05, 3.63) is 67.4 Å².